The molecule has 0 saturated carbocycles. The van der Waals surface area contributed by atoms with Crippen molar-refractivity contribution in [2.75, 3.05) is 5.73 Å². The number of nitrogens with two attached hydrogens (primary N) is 1. The summed E-state index contributed by atoms with van der Waals surface area (Å²) in [6.45, 7) is 5.54. The van der Waals surface area contributed by atoms with Crippen LogP contribution in [0.15, 0.2) is 30.9 Å². The highest BCUT2D eigenvalue weighted by Crippen LogP contribution is 2.15. The van der Waals surface area contributed by atoms with E-state index in [9.17, 15) is 4.79 Å². The molecule has 0 atom stereocenters. The predicted molar refractivity (Wildman–Crippen MR) is 64.0 cm³/mol. The second-order valence-electron chi connectivity index (χ2n) is 3.68. The molecule has 0 unspecified atom stereocenters. The van der Waals surface area contributed by atoms with E-state index in [1.54, 1.807) is 12.1 Å². The smallest absolute Gasteiger partial charge is 0.162 e. The average molecular weight is 203 g/mol. The van der Waals surface area contributed by atoms with E-state index in [0.29, 0.717) is 6.42 Å². The summed E-state index contributed by atoms with van der Waals surface area (Å²) in [7, 11) is 0. The second-order valence-corrected chi connectivity index (χ2v) is 3.68. The first-order valence-electron chi connectivity index (χ1n) is 5.15. The number of aryl methyl sites for hydroxylation is 1. The Morgan fingerprint density at radius 2 is 2.27 bits per heavy atom. The van der Waals surface area contributed by atoms with Crippen LogP contribution < -0.4 is 5.73 Å². The van der Waals surface area contributed by atoms with Gasteiger partial charge < -0.3 is 5.73 Å². The first-order valence-corrected chi connectivity index (χ1v) is 5.15. The SMILES string of the molecule is C=CCCCC(=O)c1ccc(N)c(C)c1. The van der Waals surface area contributed by atoms with Gasteiger partial charge in [-0.25, -0.2) is 0 Å². The van der Waals surface area contributed by atoms with Crippen LogP contribution >= 0.6 is 0 Å². The molecular weight excluding hydrogens is 186 g/mol. The van der Waals surface area contributed by atoms with Crippen molar-refractivity contribution in [1.29, 1.82) is 0 Å². The molecule has 1 aromatic carbocycles. The molecule has 0 saturated heterocycles. The number of hydrogen-bond donors (Lipinski definition) is 1. The zero-order valence-electron chi connectivity index (χ0n) is 9.12. The number of anilines is 1. The predicted octanol–water partition coefficient (Wildman–Crippen LogP) is 3.12. The summed E-state index contributed by atoms with van der Waals surface area (Å²) in [6.07, 6.45) is 4.17. The average Bonchev–Trinajstić information content (AvgIpc) is 2.22. The number of hydrogen-bond acceptors (Lipinski definition) is 2. The van der Waals surface area contributed by atoms with Gasteiger partial charge in [-0.05, 0) is 43.5 Å². The van der Waals surface area contributed by atoms with Crippen LogP contribution in [0.3, 0.4) is 0 Å². The van der Waals surface area contributed by atoms with Crippen LogP contribution in [0, 0.1) is 6.92 Å². The van der Waals surface area contributed by atoms with Gasteiger partial charge in [0.15, 0.2) is 5.78 Å². The Morgan fingerprint density at radius 1 is 1.53 bits per heavy atom. The van der Waals surface area contributed by atoms with Crippen molar-refractivity contribution in [3.05, 3.63) is 42.0 Å². The van der Waals surface area contributed by atoms with Crippen molar-refractivity contribution < 1.29 is 4.79 Å². The minimum absolute atomic E-state index is 0.181. The lowest BCUT2D eigenvalue weighted by Gasteiger charge is -2.03. The number of benzene rings is 1. The molecule has 0 aromatic heterocycles. The van der Waals surface area contributed by atoms with E-state index in [2.05, 4.69) is 6.58 Å². The monoisotopic (exact) mass is 203 g/mol. The minimum Gasteiger partial charge on any atom is -0.399 e. The summed E-state index contributed by atoms with van der Waals surface area (Å²) < 4.78 is 0. The lowest BCUT2D eigenvalue weighted by Crippen LogP contribution is -2.00. The van der Waals surface area contributed by atoms with Crippen LogP contribution in [0.5, 0.6) is 0 Å². The largest absolute Gasteiger partial charge is 0.399 e. The Labute approximate surface area is 90.8 Å². The zero-order valence-corrected chi connectivity index (χ0v) is 9.12. The molecule has 0 heterocycles. The molecule has 0 amide bonds. The normalized spacial score (nSPS) is 9.93. The molecule has 2 nitrogen and oxygen atoms in total. The number of carbonyl (C=O) groups is 1. The highest BCUT2D eigenvalue weighted by Gasteiger charge is 2.05. The van der Waals surface area contributed by atoms with Crippen LogP contribution in [0.1, 0.15) is 35.2 Å². The number of carbonyl (C=O) groups excluding carboxylic acids is 1. The van der Waals surface area contributed by atoms with Crippen molar-refractivity contribution in [1.82, 2.24) is 0 Å². The molecule has 0 fully saturated rings. The van der Waals surface area contributed by atoms with E-state index < -0.39 is 0 Å². The number of rotatable bonds is 5. The number of unbranched alkanes of at least 4 members (excludes halogenated alkanes) is 1. The molecular formula is C13H17NO. The molecule has 2 N–H and O–H groups in total. The Morgan fingerprint density at radius 3 is 2.87 bits per heavy atom. The van der Waals surface area contributed by atoms with Gasteiger partial charge in [-0.3, -0.25) is 4.79 Å². The fourth-order valence-corrected chi connectivity index (χ4v) is 1.40. The zero-order chi connectivity index (χ0) is 11.3. The summed E-state index contributed by atoms with van der Waals surface area (Å²) in [5, 5.41) is 0. The molecule has 1 rings (SSSR count). The van der Waals surface area contributed by atoms with E-state index in [1.165, 1.54) is 0 Å². The topological polar surface area (TPSA) is 43.1 Å². The third kappa shape index (κ3) is 3.24. The molecule has 15 heavy (non-hydrogen) atoms. The van der Waals surface area contributed by atoms with Gasteiger partial charge >= 0.3 is 0 Å². The molecule has 0 bridgehead atoms. The molecule has 2 heteroatoms. The van der Waals surface area contributed by atoms with Crippen molar-refractivity contribution in [2.45, 2.75) is 26.2 Å². The van der Waals surface area contributed by atoms with Crippen molar-refractivity contribution in [2.24, 2.45) is 0 Å². The van der Waals surface area contributed by atoms with Gasteiger partial charge in [0.2, 0.25) is 0 Å². The third-order valence-electron chi connectivity index (χ3n) is 2.40. The number of Topliss-reactive ketones (excluding diaryl/α,β-unsaturated/α-hetero) is 1. The summed E-state index contributed by atoms with van der Waals surface area (Å²) in [5.74, 6) is 0.181. The van der Waals surface area contributed by atoms with Crippen LogP contribution in [0.25, 0.3) is 0 Å². The maximum atomic E-state index is 11.7. The van der Waals surface area contributed by atoms with Gasteiger partial charge in [0.05, 0.1) is 0 Å². The Bertz CT molecular complexity index is 369. The lowest BCUT2D eigenvalue weighted by atomic mass is 10.0. The fourth-order valence-electron chi connectivity index (χ4n) is 1.40. The van der Waals surface area contributed by atoms with Gasteiger partial charge in [0.1, 0.15) is 0 Å². The maximum Gasteiger partial charge on any atom is 0.162 e. The maximum absolute atomic E-state index is 11.7. The molecule has 0 aliphatic carbocycles. The van der Waals surface area contributed by atoms with Gasteiger partial charge in [-0.1, -0.05) is 6.08 Å². The first-order chi connectivity index (χ1) is 7.15. The highest BCUT2D eigenvalue weighted by atomic mass is 16.1. The quantitative estimate of drug-likeness (QED) is 0.346. The van der Waals surface area contributed by atoms with E-state index in [0.717, 1.165) is 29.7 Å². The molecule has 1 aromatic rings. The van der Waals surface area contributed by atoms with Crippen molar-refractivity contribution in [3.8, 4) is 0 Å². The van der Waals surface area contributed by atoms with Crippen molar-refractivity contribution >= 4 is 11.5 Å². The molecule has 0 radical (unpaired) electrons. The summed E-state index contributed by atoms with van der Waals surface area (Å²) in [5.41, 5.74) is 8.14. The fraction of sp³-hybridized carbons (Fsp3) is 0.308. The standard InChI is InChI=1S/C13H17NO/c1-3-4-5-6-13(15)11-7-8-12(14)10(2)9-11/h3,7-9H,1,4-6,14H2,2H3. The highest BCUT2D eigenvalue weighted by molar-refractivity contribution is 5.96. The number of nitrogen functional groups attached to an aromatic ring is 1. The lowest BCUT2D eigenvalue weighted by molar-refractivity contribution is 0.0980. The van der Waals surface area contributed by atoms with E-state index in [-0.39, 0.29) is 5.78 Å². The van der Waals surface area contributed by atoms with E-state index in [4.69, 9.17) is 5.73 Å². The Balaban J connectivity index is 2.65. The third-order valence-corrected chi connectivity index (χ3v) is 2.40. The number of allylic oxidation sites excluding steroid dienone is 1. The van der Waals surface area contributed by atoms with Crippen LogP contribution in [0.2, 0.25) is 0 Å². The van der Waals surface area contributed by atoms with Crippen LogP contribution in [-0.4, -0.2) is 5.78 Å². The second kappa shape index (κ2) is 5.35. The number of ketones is 1. The van der Waals surface area contributed by atoms with Gasteiger partial charge in [0.25, 0.3) is 0 Å². The van der Waals surface area contributed by atoms with E-state index in [1.807, 2.05) is 19.1 Å². The Hall–Kier alpha value is -1.57. The minimum atomic E-state index is 0.181. The van der Waals surface area contributed by atoms with Gasteiger partial charge in [0, 0.05) is 17.7 Å². The van der Waals surface area contributed by atoms with Crippen molar-refractivity contribution in [3.63, 3.8) is 0 Å². The van der Waals surface area contributed by atoms with Gasteiger partial charge in [-0.2, -0.15) is 0 Å². The van der Waals surface area contributed by atoms with Crippen LogP contribution in [0.4, 0.5) is 5.69 Å². The molecule has 0 spiro atoms. The molecule has 0 aliphatic heterocycles. The first kappa shape index (κ1) is 11.5. The van der Waals surface area contributed by atoms with E-state index >= 15 is 0 Å². The Kier molecular flexibility index (Phi) is 4.10. The van der Waals surface area contributed by atoms with Gasteiger partial charge in [-0.15, -0.1) is 6.58 Å². The summed E-state index contributed by atoms with van der Waals surface area (Å²) in [6, 6.07) is 5.43. The summed E-state index contributed by atoms with van der Waals surface area (Å²) in [4.78, 5) is 11.7. The van der Waals surface area contributed by atoms with Crippen LogP contribution in [-0.2, 0) is 0 Å². The molecule has 0 aliphatic rings. The summed E-state index contributed by atoms with van der Waals surface area (Å²) >= 11 is 0. The molecule has 80 valence electrons.